The van der Waals surface area contributed by atoms with Crippen LogP contribution in [0, 0.1) is 12.3 Å². The number of amides is 1. The topological polar surface area (TPSA) is 94.1 Å². The third-order valence-electron chi connectivity index (χ3n) is 4.41. The van der Waals surface area contributed by atoms with Crippen LogP contribution in [0.5, 0.6) is 0 Å². The molecule has 0 aliphatic carbocycles. The molecule has 0 radical (unpaired) electrons. The van der Waals surface area contributed by atoms with Crippen LogP contribution >= 0.6 is 0 Å². The van der Waals surface area contributed by atoms with Crippen molar-refractivity contribution in [1.82, 2.24) is 25.4 Å². The number of likely N-dealkylation sites (tertiary alicyclic amines) is 1. The quantitative estimate of drug-likeness (QED) is 0.683. The van der Waals surface area contributed by atoms with Gasteiger partial charge in [-0.25, -0.2) is 4.98 Å². The summed E-state index contributed by atoms with van der Waals surface area (Å²) in [6.07, 6.45) is 1.75. The summed E-state index contributed by atoms with van der Waals surface area (Å²) in [6, 6.07) is 0. The first kappa shape index (κ1) is 13.5. The average Bonchev–Trinajstić information content (AvgIpc) is 2.83. The summed E-state index contributed by atoms with van der Waals surface area (Å²) in [5.74, 6) is 1.53. The van der Waals surface area contributed by atoms with E-state index in [0.717, 1.165) is 31.0 Å². The van der Waals surface area contributed by atoms with Crippen molar-refractivity contribution in [3.8, 4) is 0 Å². The molecular weight excluding hydrogens is 258 g/mol. The molecule has 1 aromatic heterocycles. The molecule has 0 saturated carbocycles. The average molecular weight is 279 g/mol. The molecule has 2 saturated heterocycles. The van der Waals surface area contributed by atoms with Crippen molar-refractivity contribution in [2.75, 3.05) is 19.6 Å². The van der Waals surface area contributed by atoms with Gasteiger partial charge in [0.05, 0.1) is 18.1 Å². The Balaban J connectivity index is 1.74. The van der Waals surface area contributed by atoms with Crippen molar-refractivity contribution in [1.29, 1.82) is 0 Å². The van der Waals surface area contributed by atoms with Gasteiger partial charge in [0.25, 0.3) is 0 Å². The summed E-state index contributed by atoms with van der Waals surface area (Å²) < 4.78 is 0. The van der Waals surface area contributed by atoms with Crippen LogP contribution in [0.2, 0.25) is 0 Å². The fourth-order valence-corrected chi connectivity index (χ4v) is 3.32. The van der Waals surface area contributed by atoms with Crippen molar-refractivity contribution < 1.29 is 9.90 Å². The van der Waals surface area contributed by atoms with Gasteiger partial charge in [-0.15, -0.1) is 0 Å². The second kappa shape index (κ2) is 5.14. The lowest BCUT2D eigenvalue weighted by atomic mass is 9.71. The minimum Gasteiger partial charge on any atom is -0.392 e. The number of H-pyrrole nitrogens is 1. The minimum atomic E-state index is -0.651. The normalized spacial score (nSPS) is 31.5. The van der Waals surface area contributed by atoms with E-state index in [4.69, 9.17) is 0 Å². The van der Waals surface area contributed by atoms with E-state index in [1.165, 1.54) is 0 Å². The number of carbonyl (C=O) groups excluding carboxylic acids is 1. The van der Waals surface area contributed by atoms with E-state index >= 15 is 0 Å². The second-order valence-corrected chi connectivity index (χ2v) is 5.87. The minimum absolute atomic E-state index is 0.00730. The molecule has 110 valence electrons. The number of hydrogen-bond donors (Lipinski definition) is 3. The first-order valence-electron chi connectivity index (χ1n) is 7.17. The van der Waals surface area contributed by atoms with E-state index in [1.807, 2.05) is 6.92 Å². The highest BCUT2D eigenvalue weighted by Gasteiger charge is 2.49. The van der Waals surface area contributed by atoms with E-state index < -0.39 is 11.5 Å². The Morgan fingerprint density at radius 2 is 2.40 bits per heavy atom. The number of piperidine rings is 2. The van der Waals surface area contributed by atoms with E-state index in [2.05, 4.69) is 25.4 Å². The molecule has 3 heterocycles. The number of aryl methyl sites for hydroxylation is 1. The van der Waals surface area contributed by atoms with E-state index in [-0.39, 0.29) is 5.91 Å². The molecule has 2 atom stereocenters. The number of hydrogen-bond acceptors (Lipinski definition) is 5. The molecule has 0 aromatic carbocycles. The molecule has 20 heavy (non-hydrogen) atoms. The lowest BCUT2D eigenvalue weighted by Gasteiger charge is -2.46. The number of nitrogens with one attached hydrogen (secondary N) is 2. The third-order valence-corrected chi connectivity index (χ3v) is 4.41. The van der Waals surface area contributed by atoms with Crippen LogP contribution in [-0.4, -0.2) is 56.8 Å². The molecule has 1 amide bonds. The summed E-state index contributed by atoms with van der Waals surface area (Å²) in [5, 5.41) is 20.2. The van der Waals surface area contributed by atoms with Crippen LogP contribution in [0.3, 0.4) is 0 Å². The number of nitrogens with zero attached hydrogens (tertiary/aromatic N) is 3. The largest absolute Gasteiger partial charge is 0.392 e. The molecule has 1 spiro atoms. The van der Waals surface area contributed by atoms with Gasteiger partial charge in [0.15, 0.2) is 5.82 Å². The van der Waals surface area contributed by atoms with Gasteiger partial charge in [-0.2, -0.15) is 5.10 Å². The van der Waals surface area contributed by atoms with E-state index in [9.17, 15) is 9.90 Å². The molecule has 2 aliphatic rings. The Morgan fingerprint density at radius 3 is 3.10 bits per heavy atom. The van der Waals surface area contributed by atoms with Gasteiger partial charge in [-0.1, -0.05) is 0 Å². The maximum Gasteiger partial charge on any atom is 0.230 e. The number of aliphatic hydroxyl groups excluding tert-OH is 1. The van der Waals surface area contributed by atoms with Gasteiger partial charge in [-0.3, -0.25) is 14.8 Å². The van der Waals surface area contributed by atoms with Gasteiger partial charge in [-0.05, 0) is 26.2 Å². The smallest absolute Gasteiger partial charge is 0.230 e. The molecule has 3 rings (SSSR count). The van der Waals surface area contributed by atoms with Crippen molar-refractivity contribution in [3.05, 3.63) is 11.6 Å². The Labute approximate surface area is 117 Å². The van der Waals surface area contributed by atoms with Gasteiger partial charge < -0.3 is 10.4 Å². The van der Waals surface area contributed by atoms with E-state index in [1.54, 1.807) is 0 Å². The maximum atomic E-state index is 12.2. The summed E-state index contributed by atoms with van der Waals surface area (Å²) in [6.45, 7) is 4.55. The zero-order valence-corrected chi connectivity index (χ0v) is 11.7. The van der Waals surface area contributed by atoms with Gasteiger partial charge in [0.1, 0.15) is 5.82 Å². The van der Waals surface area contributed by atoms with E-state index in [0.29, 0.717) is 26.1 Å². The molecule has 2 fully saturated rings. The molecule has 1 aromatic rings. The predicted octanol–water partition coefficient (Wildman–Crippen LogP) is -0.424. The number of carbonyl (C=O) groups is 1. The first-order chi connectivity index (χ1) is 9.60. The molecule has 7 heteroatoms. The van der Waals surface area contributed by atoms with Crippen molar-refractivity contribution in [2.24, 2.45) is 5.41 Å². The first-order valence-corrected chi connectivity index (χ1v) is 7.17. The number of aromatic amines is 1. The standard InChI is InChI=1S/C13H21N5O2/c1-9-15-11(17-16-9)7-18-6-3-10(19)13(8-18)4-2-5-14-12(13)20/h10,19H,2-8H2,1H3,(H,14,20)(H,15,16,17)/t10-,13+/m0/s1. The fraction of sp³-hybridized carbons (Fsp3) is 0.769. The zero-order chi connectivity index (χ0) is 14.2. The van der Waals surface area contributed by atoms with Crippen LogP contribution in [-0.2, 0) is 11.3 Å². The van der Waals surface area contributed by atoms with Crippen LogP contribution in [0.4, 0.5) is 0 Å². The molecule has 7 nitrogen and oxygen atoms in total. The summed E-state index contributed by atoms with van der Waals surface area (Å²) >= 11 is 0. The number of aliphatic hydroxyl groups is 1. The van der Waals surface area contributed by atoms with Crippen LogP contribution in [0.15, 0.2) is 0 Å². The Morgan fingerprint density at radius 1 is 1.55 bits per heavy atom. The Bertz CT molecular complexity index is 503. The summed E-state index contributed by atoms with van der Waals surface area (Å²) in [4.78, 5) is 18.7. The molecule has 3 N–H and O–H groups in total. The summed E-state index contributed by atoms with van der Waals surface area (Å²) in [5.41, 5.74) is -0.651. The maximum absolute atomic E-state index is 12.2. The van der Waals surface area contributed by atoms with Gasteiger partial charge in [0, 0.05) is 19.6 Å². The third kappa shape index (κ3) is 2.31. The highest BCUT2D eigenvalue weighted by atomic mass is 16.3. The molecule has 0 unspecified atom stereocenters. The van der Waals surface area contributed by atoms with Crippen molar-refractivity contribution in [2.45, 2.75) is 38.8 Å². The highest BCUT2D eigenvalue weighted by molar-refractivity contribution is 5.84. The van der Waals surface area contributed by atoms with Crippen molar-refractivity contribution in [3.63, 3.8) is 0 Å². The monoisotopic (exact) mass is 279 g/mol. The lowest BCUT2D eigenvalue weighted by Crippen LogP contribution is -2.61. The molecular formula is C13H21N5O2. The second-order valence-electron chi connectivity index (χ2n) is 5.87. The SMILES string of the molecule is Cc1nc(CN2CC[C@H](O)[C@@]3(CCCNC3=O)C2)n[nH]1. The molecule has 0 bridgehead atoms. The number of rotatable bonds is 2. The van der Waals surface area contributed by atoms with Crippen molar-refractivity contribution >= 4 is 5.91 Å². The van der Waals surface area contributed by atoms with Gasteiger partial charge in [0.2, 0.25) is 5.91 Å². The lowest BCUT2D eigenvalue weighted by molar-refractivity contribution is -0.149. The predicted molar refractivity (Wildman–Crippen MR) is 71.7 cm³/mol. The van der Waals surface area contributed by atoms with Crippen LogP contribution in [0.25, 0.3) is 0 Å². The van der Waals surface area contributed by atoms with Crippen LogP contribution in [0.1, 0.15) is 30.9 Å². The molecule has 2 aliphatic heterocycles. The highest BCUT2D eigenvalue weighted by Crippen LogP contribution is 2.37. The Hall–Kier alpha value is -1.47. The fourth-order valence-electron chi connectivity index (χ4n) is 3.32. The van der Waals surface area contributed by atoms with Crippen LogP contribution < -0.4 is 5.32 Å². The Kier molecular flexibility index (Phi) is 3.47. The summed E-state index contributed by atoms with van der Waals surface area (Å²) in [7, 11) is 0. The zero-order valence-electron chi connectivity index (χ0n) is 11.7. The number of aromatic nitrogens is 3. The van der Waals surface area contributed by atoms with Gasteiger partial charge >= 0.3 is 0 Å².